The van der Waals surface area contributed by atoms with Crippen LogP contribution in [0.1, 0.15) is 10.4 Å². The molecule has 0 unspecified atom stereocenters. The Bertz CT molecular complexity index is 382. The molecular formula is C7H4N2O5. The minimum atomic E-state index is -1.35. The van der Waals surface area contributed by atoms with E-state index in [1.165, 1.54) is 0 Å². The van der Waals surface area contributed by atoms with Gasteiger partial charge in [0.25, 0.3) is 5.69 Å². The zero-order valence-corrected chi connectivity index (χ0v) is 6.71. The van der Waals surface area contributed by atoms with Crippen molar-refractivity contribution in [3.8, 4) is 0 Å². The monoisotopic (exact) mass is 196 g/mol. The highest BCUT2D eigenvalue weighted by Crippen LogP contribution is 2.22. The van der Waals surface area contributed by atoms with E-state index in [1.54, 1.807) is 0 Å². The molecule has 7 nitrogen and oxygen atoms in total. The van der Waals surface area contributed by atoms with Crippen molar-refractivity contribution in [2.45, 2.75) is 0 Å². The molecule has 0 atom stereocenters. The van der Waals surface area contributed by atoms with E-state index in [4.69, 9.17) is 5.11 Å². The average molecular weight is 196 g/mol. The van der Waals surface area contributed by atoms with E-state index in [0.717, 1.165) is 18.2 Å². The lowest BCUT2D eigenvalue weighted by Gasteiger charge is -1.95. The fourth-order valence-corrected chi connectivity index (χ4v) is 0.877. The third kappa shape index (κ3) is 1.89. The Labute approximate surface area is 77.1 Å². The number of hydrogen-bond donors (Lipinski definition) is 1. The van der Waals surface area contributed by atoms with E-state index in [-0.39, 0.29) is 11.3 Å². The van der Waals surface area contributed by atoms with Gasteiger partial charge in [-0.05, 0) is 11.2 Å². The number of nitro benzene ring substituents is 1. The topological polar surface area (TPSA) is 110 Å². The Kier molecular flexibility index (Phi) is 2.52. The van der Waals surface area contributed by atoms with Gasteiger partial charge in [-0.1, -0.05) is 0 Å². The maximum Gasteiger partial charge on any atom is 0.336 e. The Balaban J connectivity index is 3.34. The van der Waals surface area contributed by atoms with Gasteiger partial charge in [0, 0.05) is 12.1 Å². The van der Waals surface area contributed by atoms with E-state index in [1.807, 2.05) is 0 Å². The first-order valence-electron chi connectivity index (χ1n) is 3.40. The summed E-state index contributed by atoms with van der Waals surface area (Å²) in [7, 11) is 0. The summed E-state index contributed by atoms with van der Waals surface area (Å²) in [6.45, 7) is 0. The second kappa shape index (κ2) is 3.60. The van der Waals surface area contributed by atoms with Crippen LogP contribution in [0.15, 0.2) is 23.4 Å². The Hall–Kier alpha value is -2.31. The summed E-state index contributed by atoms with van der Waals surface area (Å²) >= 11 is 0. The summed E-state index contributed by atoms with van der Waals surface area (Å²) in [6, 6.07) is 2.72. The molecule has 1 N–H and O–H groups in total. The van der Waals surface area contributed by atoms with Crippen molar-refractivity contribution in [2.75, 3.05) is 0 Å². The number of non-ortho nitro benzene ring substituents is 1. The zero-order chi connectivity index (χ0) is 10.7. The molecule has 0 bridgehead atoms. The standard InChI is InChI=1S/C7H4N2O5/c10-7(11)4-1-5(8-12)3-6(2-4)9(13)14/h1-3H,(H,10,11). The van der Waals surface area contributed by atoms with Gasteiger partial charge in [-0.3, -0.25) is 10.1 Å². The van der Waals surface area contributed by atoms with Crippen LogP contribution in [0.4, 0.5) is 11.4 Å². The van der Waals surface area contributed by atoms with E-state index < -0.39 is 16.6 Å². The van der Waals surface area contributed by atoms with Crippen LogP contribution in [-0.2, 0) is 0 Å². The van der Waals surface area contributed by atoms with Gasteiger partial charge in [0.2, 0.25) is 0 Å². The van der Waals surface area contributed by atoms with Crippen molar-refractivity contribution in [2.24, 2.45) is 5.18 Å². The molecule has 0 radical (unpaired) electrons. The van der Waals surface area contributed by atoms with E-state index in [0.29, 0.717) is 0 Å². The van der Waals surface area contributed by atoms with E-state index in [2.05, 4.69) is 5.18 Å². The van der Waals surface area contributed by atoms with Gasteiger partial charge in [-0.25, -0.2) is 4.79 Å². The van der Waals surface area contributed by atoms with Crippen molar-refractivity contribution >= 4 is 17.3 Å². The Morgan fingerprint density at radius 1 is 1.43 bits per heavy atom. The molecule has 1 aromatic carbocycles. The van der Waals surface area contributed by atoms with E-state index >= 15 is 0 Å². The number of carboxylic acids is 1. The molecule has 0 heterocycles. The van der Waals surface area contributed by atoms with Crippen LogP contribution in [0, 0.1) is 15.0 Å². The number of nitroso groups, excluding NO2 is 1. The molecule has 14 heavy (non-hydrogen) atoms. The fraction of sp³-hybridized carbons (Fsp3) is 0. The predicted molar refractivity (Wildman–Crippen MR) is 45.5 cm³/mol. The second-order valence-corrected chi connectivity index (χ2v) is 2.39. The predicted octanol–water partition coefficient (Wildman–Crippen LogP) is 1.69. The number of carbonyl (C=O) groups is 1. The molecule has 0 aliphatic rings. The first-order valence-corrected chi connectivity index (χ1v) is 3.40. The van der Waals surface area contributed by atoms with Gasteiger partial charge >= 0.3 is 5.97 Å². The van der Waals surface area contributed by atoms with Crippen molar-refractivity contribution < 1.29 is 14.8 Å². The van der Waals surface area contributed by atoms with Gasteiger partial charge in [-0.15, -0.1) is 4.91 Å². The smallest absolute Gasteiger partial charge is 0.336 e. The summed E-state index contributed by atoms with van der Waals surface area (Å²) < 4.78 is 0. The molecule has 1 rings (SSSR count). The number of nitrogens with zero attached hydrogens (tertiary/aromatic N) is 2. The number of rotatable bonds is 3. The average Bonchev–Trinajstić information content (AvgIpc) is 2.16. The molecule has 0 saturated heterocycles. The van der Waals surface area contributed by atoms with Crippen molar-refractivity contribution in [1.29, 1.82) is 0 Å². The quantitative estimate of drug-likeness (QED) is 0.449. The lowest BCUT2D eigenvalue weighted by Crippen LogP contribution is -1.97. The van der Waals surface area contributed by atoms with Crippen LogP contribution >= 0.6 is 0 Å². The molecule has 0 saturated carbocycles. The highest BCUT2D eigenvalue weighted by atomic mass is 16.6. The lowest BCUT2D eigenvalue weighted by molar-refractivity contribution is -0.384. The number of nitro groups is 1. The van der Waals surface area contributed by atoms with Crippen molar-refractivity contribution in [1.82, 2.24) is 0 Å². The van der Waals surface area contributed by atoms with E-state index in [9.17, 15) is 19.8 Å². The van der Waals surface area contributed by atoms with Crippen LogP contribution in [0.25, 0.3) is 0 Å². The molecule has 0 aromatic heterocycles. The minimum Gasteiger partial charge on any atom is -0.478 e. The number of benzene rings is 1. The maximum atomic E-state index is 10.5. The third-order valence-electron chi connectivity index (χ3n) is 1.47. The molecule has 0 amide bonds. The minimum absolute atomic E-state index is 0.281. The zero-order valence-electron chi connectivity index (χ0n) is 6.71. The first-order chi connectivity index (χ1) is 6.54. The summed E-state index contributed by atoms with van der Waals surface area (Å²) in [5.41, 5.74) is -1.09. The molecule has 0 spiro atoms. The molecule has 7 heteroatoms. The Morgan fingerprint density at radius 2 is 2.07 bits per heavy atom. The lowest BCUT2D eigenvalue weighted by atomic mass is 10.2. The van der Waals surface area contributed by atoms with Crippen LogP contribution < -0.4 is 0 Å². The van der Waals surface area contributed by atoms with Crippen LogP contribution in [0.2, 0.25) is 0 Å². The summed E-state index contributed by atoms with van der Waals surface area (Å²) in [5.74, 6) is -1.35. The molecule has 72 valence electrons. The van der Waals surface area contributed by atoms with Crippen LogP contribution in [-0.4, -0.2) is 16.0 Å². The fourth-order valence-electron chi connectivity index (χ4n) is 0.877. The SMILES string of the molecule is O=Nc1cc(C(=O)O)cc([N+](=O)[O-])c1. The molecule has 0 fully saturated rings. The largest absolute Gasteiger partial charge is 0.478 e. The Morgan fingerprint density at radius 3 is 2.50 bits per heavy atom. The number of hydrogen-bond acceptors (Lipinski definition) is 5. The maximum absolute atomic E-state index is 10.5. The molecule has 0 aliphatic heterocycles. The molecular weight excluding hydrogens is 192 g/mol. The summed E-state index contributed by atoms with van der Waals surface area (Å²) in [4.78, 5) is 30.1. The van der Waals surface area contributed by atoms with Gasteiger partial charge in [0.05, 0.1) is 10.5 Å². The van der Waals surface area contributed by atoms with Crippen molar-refractivity contribution in [3.05, 3.63) is 38.8 Å². The van der Waals surface area contributed by atoms with Gasteiger partial charge in [0.15, 0.2) is 0 Å². The number of aromatic carboxylic acids is 1. The molecule has 0 aliphatic carbocycles. The highest BCUT2D eigenvalue weighted by Gasteiger charge is 2.13. The second-order valence-electron chi connectivity index (χ2n) is 2.39. The first kappa shape index (κ1) is 9.78. The molecule has 1 aromatic rings. The highest BCUT2D eigenvalue weighted by molar-refractivity contribution is 5.89. The van der Waals surface area contributed by atoms with Gasteiger partial charge in [0.1, 0.15) is 5.69 Å². The van der Waals surface area contributed by atoms with Gasteiger partial charge < -0.3 is 5.11 Å². The summed E-state index contributed by atoms with van der Waals surface area (Å²) in [5, 5.41) is 21.3. The summed E-state index contributed by atoms with van der Waals surface area (Å²) in [6.07, 6.45) is 0. The van der Waals surface area contributed by atoms with Crippen LogP contribution in [0.3, 0.4) is 0 Å². The van der Waals surface area contributed by atoms with Crippen LogP contribution in [0.5, 0.6) is 0 Å². The van der Waals surface area contributed by atoms with Crippen molar-refractivity contribution in [3.63, 3.8) is 0 Å². The number of carboxylic acid groups (broad SMARTS) is 1. The third-order valence-corrected chi connectivity index (χ3v) is 1.47. The normalized spacial score (nSPS) is 9.43. The van der Waals surface area contributed by atoms with Gasteiger partial charge in [-0.2, -0.15) is 0 Å².